The standard InChI is InChI=1S/C12H17NO2/c1-14-11-6-4-8-3-5-9(13)7-10(8)12(11)15-2/h4,6,9H,3,5,7,13H2,1-2H3/t9-/m0/s1. The Labute approximate surface area is 90.2 Å². The van der Waals surface area contributed by atoms with Gasteiger partial charge in [-0.3, -0.25) is 0 Å². The predicted molar refractivity (Wildman–Crippen MR) is 59.5 cm³/mol. The van der Waals surface area contributed by atoms with E-state index in [9.17, 15) is 0 Å². The van der Waals surface area contributed by atoms with Crippen LogP contribution in [0.25, 0.3) is 0 Å². The lowest BCUT2D eigenvalue weighted by atomic mass is 9.88. The zero-order chi connectivity index (χ0) is 10.8. The van der Waals surface area contributed by atoms with Crippen LogP contribution in [-0.4, -0.2) is 20.3 Å². The highest BCUT2D eigenvalue weighted by Gasteiger charge is 2.21. The summed E-state index contributed by atoms with van der Waals surface area (Å²) in [6.07, 6.45) is 2.98. The van der Waals surface area contributed by atoms with Crippen molar-refractivity contribution in [2.75, 3.05) is 14.2 Å². The van der Waals surface area contributed by atoms with Crippen LogP contribution in [-0.2, 0) is 12.8 Å². The Bertz CT molecular complexity index is 363. The molecule has 1 atom stereocenters. The van der Waals surface area contributed by atoms with Crippen molar-refractivity contribution in [3.05, 3.63) is 23.3 Å². The monoisotopic (exact) mass is 207 g/mol. The molecule has 0 saturated carbocycles. The fourth-order valence-corrected chi connectivity index (χ4v) is 2.19. The molecule has 15 heavy (non-hydrogen) atoms. The largest absolute Gasteiger partial charge is 0.493 e. The summed E-state index contributed by atoms with van der Waals surface area (Å²) < 4.78 is 10.7. The Morgan fingerprint density at radius 3 is 2.73 bits per heavy atom. The molecule has 1 aromatic carbocycles. The predicted octanol–water partition coefficient (Wildman–Crippen LogP) is 1.52. The first-order valence-corrected chi connectivity index (χ1v) is 5.24. The van der Waals surface area contributed by atoms with Gasteiger partial charge in [-0.1, -0.05) is 6.07 Å². The second kappa shape index (κ2) is 4.11. The molecule has 1 aliphatic carbocycles. The second-order valence-electron chi connectivity index (χ2n) is 3.94. The number of nitrogens with two attached hydrogens (primary N) is 1. The average molecular weight is 207 g/mol. The van der Waals surface area contributed by atoms with Gasteiger partial charge in [0, 0.05) is 11.6 Å². The van der Waals surface area contributed by atoms with E-state index in [0.29, 0.717) is 0 Å². The minimum Gasteiger partial charge on any atom is -0.493 e. The first kappa shape index (κ1) is 10.3. The Morgan fingerprint density at radius 1 is 1.27 bits per heavy atom. The molecule has 0 unspecified atom stereocenters. The van der Waals surface area contributed by atoms with E-state index < -0.39 is 0 Å². The summed E-state index contributed by atoms with van der Waals surface area (Å²) in [5, 5.41) is 0. The number of methoxy groups -OCH3 is 2. The number of benzene rings is 1. The topological polar surface area (TPSA) is 44.5 Å². The second-order valence-corrected chi connectivity index (χ2v) is 3.94. The summed E-state index contributed by atoms with van der Waals surface area (Å²) >= 11 is 0. The van der Waals surface area contributed by atoms with E-state index in [1.807, 2.05) is 6.07 Å². The van der Waals surface area contributed by atoms with E-state index in [1.54, 1.807) is 14.2 Å². The number of rotatable bonds is 2. The molecule has 0 saturated heterocycles. The van der Waals surface area contributed by atoms with Crippen LogP contribution in [0.1, 0.15) is 17.5 Å². The molecule has 0 radical (unpaired) electrons. The third-order valence-corrected chi connectivity index (χ3v) is 3.00. The van der Waals surface area contributed by atoms with Crippen LogP contribution < -0.4 is 15.2 Å². The van der Waals surface area contributed by atoms with Crippen LogP contribution in [0.15, 0.2) is 12.1 Å². The Balaban J connectivity index is 2.48. The van der Waals surface area contributed by atoms with Crippen molar-refractivity contribution in [1.82, 2.24) is 0 Å². The molecule has 0 spiro atoms. The van der Waals surface area contributed by atoms with Crippen molar-refractivity contribution in [3.63, 3.8) is 0 Å². The molecule has 0 aliphatic heterocycles. The minimum absolute atomic E-state index is 0.249. The number of hydrogen-bond acceptors (Lipinski definition) is 3. The molecule has 0 bridgehead atoms. The molecule has 1 aliphatic rings. The SMILES string of the molecule is COc1ccc2c(c1OC)C[C@@H](N)CC2. The third-order valence-electron chi connectivity index (χ3n) is 3.00. The van der Waals surface area contributed by atoms with Crippen LogP contribution in [0.4, 0.5) is 0 Å². The van der Waals surface area contributed by atoms with Crippen molar-refractivity contribution in [1.29, 1.82) is 0 Å². The molecular formula is C12H17NO2. The fraction of sp³-hybridized carbons (Fsp3) is 0.500. The molecule has 0 heterocycles. The van der Waals surface area contributed by atoms with E-state index in [0.717, 1.165) is 30.8 Å². The van der Waals surface area contributed by atoms with Gasteiger partial charge in [-0.15, -0.1) is 0 Å². The van der Waals surface area contributed by atoms with E-state index >= 15 is 0 Å². The number of hydrogen-bond donors (Lipinski definition) is 1. The van der Waals surface area contributed by atoms with Crippen LogP contribution >= 0.6 is 0 Å². The van der Waals surface area contributed by atoms with Crippen LogP contribution in [0.2, 0.25) is 0 Å². The highest BCUT2D eigenvalue weighted by molar-refractivity contribution is 5.52. The average Bonchev–Trinajstić information content (AvgIpc) is 2.27. The molecule has 3 heteroatoms. The number of fused-ring (bicyclic) bond motifs is 1. The van der Waals surface area contributed by atoms with E-state index in [2.05, 4.69) is 6.07 Å². The summed E-state index contributed by atoms with van der Waals surface area (Å²) in [4.78, 5) is 0. The molecule has 3 nitrogen and oxygen atoms in total. The first-order chi connectivity index (χ1) is 7.26. The smallest absolute Gasteiger partial charge is 0.164 e. The van der Waals surface area contributed by atoms with E-state index in [1.165, 1.54) is 11.1 Å². The zero-order valence-corrected chi connectivity index (χ0v) is 9.25. The Kier molecular flexibility index (Phi) is 2.82. The lowest BCUT2D eigenvalue weighted by Gasteiger charge is -2.24. The minimum atomic E-state index is 0.249. The highest BCUT2D eigenvalue weighted by atomic mass is 16.5. The lowest BCUT2D eigenvalue weighted by Crippen LogP contribution is -2.28. The van der Waals surface area contributed by atoms with Crippen molar-refractivity contribution in [3.8, 4) is 11.5 Å². The van der Waals surface area contributed by atoms with Gasteiger partial charge in [0.2, 0.25) is 0 Å². The quantitative estimate of drug-likeness (QED) is 0.799. The fourth-order valence-electron chi connectivity index (χ4n) is 2.19. The molecule has 82 valence electrons. The van der Waals surface area contributed by atoms with Gasteiger partial charge in [0.1, 0.15) is 0 Å². The van der Waals surface area contributed by atoms with Gasteiger partial charge >= 0.3 is 0 Å². The molecule has 1 aromatic rings. The van der Waals surface area contributed by atoms with Gasteiger partial charge < -0.3 is 15.2 Å². The highest BCUT2D eigenvalue weighted by Crippen LogP contribution is 2.36. The van der Waals surface area contributed by atoms with E-state index in [-0.39, 0.29) is 6.04 Å². The van der Waals surface area contributed by atoms with Crippen molar-refractivity contribution >= 4 is 0 Å². The maximum absolute atomic E-state index is 5.97. The van der Waals surface area contributed by atoms with Gasteiger partial charge in [0.15, 0.2) is 11.5 Å². The first-order valence-electron chi connectivity index (χ1n) is 5.24. The number of ether oxygens (including phenoxy) is 2. The van der Waals surface area contributed by atoms with Gasteiger partial charge in [0.25, 0.3) is 0 Å². The molecule has 2 rings (SSSR count). The maximum atomic E-state index is 5.97. The van der Waals surface area contributed by atoms with Gasteiger partial charge in [0.05, 0.1) is 14.2 Å². The summed E-state index contributed by atoms with van der Waals surface area (Å²) in [5.41, 5.74) is 8.53. The van der Waals surface area contributed by atoms with Crippen LogP contribution in [0, 0.1) is 0 Å². The Hall–Kier alpha value is -1.22. The molecular weight excluding hydrogens is 190 g/mol. The number of aryl methyl sites for hydroxylation is 1. The lowest BCUT2D eigenvalue weighted by molar-refractivity contribution is 0.348. The molecule has 0 amide bonds. The van der Waals surface area contributed by atoms with Gasteiger partial charge in [-0.25, -0.2) is 0 Å². The summed E-state index contributed by atoms with van der Waals surface area (Å²) in [5.74, 6) is 1.65. The van der Waals surface area contributed by atoms with Crippen molar-refractivity contribution in [2.45, 2.75) is 25.3 Å². The van der Waals surface area contributed by atoms with Gasteiger partial charge in [-0.05, 0) is 30.9 Å². The molecule has 0 aromatic heterocycles. The summed E-state index contributed by atoms with van der Waals surface area (Å²) in [6.45, 7) is 0. The van der Waals surface area contributed by atoms with Crippen LogP contribution in [0.5, 0.6) is 11.5 Å². The van der Waals surface area contributed by atoms with Gasteiger partial charge in [-0.2, -0.15) is 0 Å². The summed E-state index contributed by atoms with van der Waals surface area (Å²) in [6, 6.07) is 4.33. The maximum Gasteiger partial charge on any atom is 0.164 e. The Morgan fingerprint density at radius 2 is 2.07 bits per heavy atom. The normalized spacial score (nSPS) is 19.5. The van der Waals surface area contributed by atoms with Crippen molar-refractivity contribution in [2.24, 2.45) is 5.73 Å². The summed E-state index contributed by atoms with van der Waals surface area (Å²) in [7, 11) is 3.34. The van der Waals surface area contributed by atoms with Crippen molar-refractivity contribution < 1.29 is 9.47 Å². The third kappa shape index (κ3) is 1.79. The van der Waals surface area contributed by atoms with E-state index in [4.69, 9.17) is 15.2 Å². The molecule has 0 fully saturated rings. The van der Waals surface area contributed by atoms with Crippen LogP contribution in [0.3, 0.4) is 0 Å². The molecule has 2 N–H and O–H groups in total. The zero-order valence-electron chi connectivity index (χ0n) is 9.25.